The zero-order valence-electron chi connectivity index (χ0n) is 19.5. The molecule has 0 saturated heterocycles. The average molecular weight is 481 g/mol. The Hall–Kier alpha value is -3.43. The molecule has 184 valence electrons. The normalized spacial score (nSPS) is 32.1. The van der Waals surface area contributed by atoms with Crippen LogP contribution in [0.4, 0.5) is 0 Å². The standard InChI is InChI=1S/C26H28N2O7/c1-28(2)20-15-10-12-9-14-13(11-5-3-4-6-11)7-8-16(29)18(14)21(30)17(12)23(32)26(15,35)24(33)19(22(20)31)25(27)34/h3,5,7-8,11-12,15,20,29-30,33,35H,4,6,9-10H2,1-2H3,(H2,27,34)/t11?,12-,15-,20-,26+/m0/s1. The zero-order chi connectivity index (χ0) is 25.4. The molecule has 1 unspecified atom stereocenters. The minimum atomic E-state index is -2.62. The van der Waals surface area contributed by atoms with E-state index in [0.29, 0.717) is 6.42 Å². The predicted molar refractivity (Wildman–Crippen MR) is 125 cm³/mol. The number of benzene rings is 1. The Bertz CT molecular complexity index is 1270. The summed E-state index contributed by atoms with van der Waals surface area (Å²) in [7, 11) is 3.16. The third kappa shape index (κ3) is 3.04. The summed E-state index contributed by atoms with van der Waals surface area (Å²) in [6.45, 7) is 0. The van der Waals surface area contributed by atoms with Crippen molar-refractivity contribution in [1.82, 2.24) is 4.90 Å². The van der Waals surface area contributed by atoms with Gasteiger partial charge in [0.1, 0.15) is 22.8 Å². The molecule has 0 bridgehead atoms. The lowest BCUT2D eigenvalue weighted by Crippen LogP contribution is -2.65. The number of fused-ring (bicyclic) bond motifs is 3. The van der Waals surface area contributed by atoms with Gasteiger partial charge in [-0.05, 0) is 62.9 Å². The number of hydrogen-bond donors (Lipinski definition) is 5. The summed E-state index contributed by atoms with van der Waals surface area (Å²) >= 11 is 0. The molecule has 1 aromatic carbocycles. The number of nitrogens with two attached hydrogens (primary N) is 1. The summed E-state index contributed by atoms with van der Waals surface area (Å²) in [4.78, 5) is 40.5. The van der Waals surface area contributed by atoms with Crippen molar-refractivity contribution in [3.8, 4) is 5.75 Å². The van der Waals surface area contributed by atoms with E-state index in [2.05, 4.69) is 12.2 Å². The second kappa shape index (κ2) is 7.79. The fourth-order valence-corrected chi connectivity index (χ4v) is 6.51. The van der Waals surface area contributed by atoms with E-state index in [1.165, 1.54) is 11.0 Å². The maximum atomic E-state index is 13.8. The molecule has 0 aromatic heterocycles. The number of amides is 1. The Labute approximate surface area is 201 Å². The number of phenols is 1. The molecule has 9 nitrogen and oxygen atoms in total. The highest BCUT2D eigenvalue weighted by molar-refractivity contribution is 6.24. The quantitative estimate of drug-likeness (QED) is 0.320. The first-order chi connectivity index (χ1) is 16.5. The molecule has 9 heteroatoms. The highest BCUT2D eigenvalue weighted by atomic mass is 16.3. The zero-order valence-corrected chi connectivity index (χ0v) is 19.5. The van der Waals surface area contributed by atoms with E-state index in [1.54, 1.807) is 14.1 Å². The topological polar surface area (TPSA) is 161 Å². The number of nitrogens with zero attached hydrogens (tertiary/aromatic N) is 1. The number of aromatic hydroxyl groups is 1. The van der Waals surface area contributed by atoms with Crippen molar-refractivity contribution in [1.29, 1.82) is 0 Å². The number of ketones is 2. The number of Topliss-reactive ketones (excluding diaryl/α,β-unsaturated/α-hetero) is 2. The summed E-state index contributed by atoms with van der Waals surface area (Å²) in [5.74, 6) is -6.26. The van der Waals surface area contributed by atoms with Gasteiger partial charge in [0, 0.05) is 17.4 Å². The number of likely N-dealkylation sites (N-methyl/N-ethyl adjacent to an activating group) is 1. The van der Waals surface area contributed by atoms with Crippen molar-refractivity contribution < 1.29 is 34.8 Å². The first kappa shape index (κ1) is 23.3. The smallest absolute Gasteiger partial charge is 0.255 e. The summed E-state index contributed by atoms with van der Waals surface area (Å²) in [6.07, 6.45) is 6.38. The van der Waals surface area contributed by atoms with E-state index >= 15 is 0 Å². The van der Waals surface area contributed by atoms with Gasteiger partial charge in [0.15, 0.2) is 11.4 Å². The number of hydrogen-bond acceptors (Lipinski definition) is 8. The Morgan fingerprint density at radius 3 is 2.49 bits per heavy atom. The van der Waals surface area contributed by atoms with Gasteiger partial charge in [-0.3, -0.25) is 19.3 Å². The number of carbonyl (C=O) groups excluding carboxylic acids is 3. The summed E-state index contributed by atoms with van der Waals surface area (Å²) < 4.78 is 0. The van der Waals surface area contributed by atoms with E-state index in [9.17, 15) is 34.8 Å². The van der Waals surface area contributed by atoms with Crippen LogP contribution in [-0.2, 0) is 20.8 Å². The minimum absolute atomic E-state index is 0.0847. The van der Waals surface area contributed by atoms with Crippen LogP contribution < -0.4 is 5.73 Å². The van der Waals surface area contributed by atoms with Gasteiger partial charge in [-0.2, -0.15) is 0 Å². The maximum absolute atomic E-state index is 13.8. The lowest BCUT2D eigenvalue weighted by atomic mass is 9.57. The Morgan fingerprint density at radius 1 is 1.17 bits per heavy atom. The van der Waals surface area contributed by atoms with Gasteiger partial charge >= 0.3 is 0 Å². The van der Waals surface area contributed by atoms with Crippen LogP contribution in [0.5, 0.6) is 5.75 Å². The number of allylic oxidation sites excluding steroid dienone is 2. The van der Waals surface area contributed by atoms with Crippen molar-refractivity contribution in [2.24, 2.45) is 17.6 Å². The van der Waals surface area contributed by atoms with Gasteiger partial charge < -0.3 is 26.2 Å². The van der Waals surface area contributed by atoms with Gasteiger partial charge in [-0.25, -0.2) is 0 Å². The van der Waals surface area contributed by atoms with Gasteiger partial charge in [0.25, 0.3) is 5.91 Å². The molecule has 1 aromatic rings. The van der Waals surface area contributed by atoms with Crippen LogP contribution >= 0.6 is 0 Å². The molecule has 6 N–H and O–H groups in total. The van der Waals surface area contributed by atoms with Crippen LogP contribution in [-0.4, -0.2) is 68.5 Å². The third-order valence-electron chi connectivity index (χ3n) is 8.05. The number of aliphatic hydroxyl groups is 3. The van der Waals surface area contributed by atoms with E-state index in [1.807, 2.05) is 6.07 Å². The van der Waals surface area contributed by atoms with Crippen LogP contribution in [0.2, 0.25) is 0 Å². The van der Waals surface area contributed by atoms with E-state index in [0.717, 1.165) is 24.0 Å². The molecular formula is C26H28N2O7. The number of carbonyl (C=O) groups is 3. The van der Waals surface area contributed by atoms with Crippen LogP contribution in [0.15, 0.2) is 41.2 Å². The summed E-state index contributed by atoms with van der Waals surface area (Å²) in [6, 6.07) is 2.22. The second-order valence-electron chi connectivity index (χ2n) is 10.1. The highest BCUT2D eigenvalue weighted by Gasteiger charge is 2.64. The molecule has 1 amide bonds. The van der Waals surface area contributed by atoms with Gasteiger partial charge in [-0.15, -0.1) is 0 Å². The van der Waals surface area contributed by atoms with Crippen molar-refractivity contribution in [2.45, 2.75) is 43.2 Å². The summed E-state index contributed by atoms with van der Waals surface area (Å²) in [5, 5.41) is 44.4. The Balaban J connectivity index is 1.73. The number of phenolic OH excluding ortho intramolecular Hbond substituents is 1. The fourth-order valence-electron chi connectivity index (χ4n) is 6.51. The molecule has 1 saturated carbocycles. The van der Waals surface area contributed by atoms with E-state index in [4.69, 9.17) is 5.73 Å². The van der Waals surface area contributed by atoms with E-state index in [-0.39, 0.29) is 29.2 Å². The maximum Gasteiger partial charge on any atom is 0.255 e. The van der Waals surface area contributed by atoms with Crippen LogP contribution in [0.3, 0.4) is 0 Å². The molecule has 0 radical (unpaired) electrons. The first-order valence-corrected chi connectivity index (χ1v) is 11.7. The van der Waals surface area contributed by atoms with E-state index < -0.39 is 58.0 Å². The largest absolute Gasteiger partial charge is 0.508 e. The summed E-state index contributed by atoms with van der Waals surface area (Å²) in [5.41, 5.74) is 3.59. The van der Waals surface area contributed by atoms with Crippen molar-refractivity contribution in [3.63, 3.8) is 0 Å². The van der Waals surface area contributed by atoms with Crippen molar-refractivity contribution in [2.75, 3.05) is 14.1 Å². The van der Waals surface area contributed by atoms with Gasteiger partial charge in [0.05, 0.1) is 11.6 Å². The molecular weight excluding hydrogens is 452 g/mol. The fraction of sp³-hybridized carbons (Fsp3) is 0.423. The molecule has 4 aliphatic carbocycles. The lowest BCUT2D eigenvalue weighted by molar-refractivity contribution is -0.153. The monoisotopic (exact) mass is 480 g/mol. The predicted octanol–water partition coefficient (Wildman–Crippen LogP) is 1.40. The van der Waals surface area contributed by atoms with Gasteiger partial charge in [0.2, 0.25) is 5.78 Å². The van der Waals surface area contributed by atoms with Crippen LogP contribution in [0.25, 0.3) is 5.76 Å². The highest BCUT2D eigenvalue weighted by Crippen LogP contribution is 2.53. The van der Waals surface area contributed by atoms with Gasteiger partial charge in [-0.1, -0.05) is 18.2 Å². The number of primary amides is 1. The molecule has 4 aliphatic rings. The van der Waals surface area contributed by atoms with Crippen LogP contribution in [0.1, 0.15) is 41.9 Å². The molecule has 0 heterocycles. The molecule has 5 atom stereocenters. The van der Waals surface area contributed by atoms with Crippen molar-refractivity contribution >= 4 is 23.2 Å². The lowest BCUT2D eigenvalue weighted by Gasteiger charge is -2.50. The van der Waals surface area contributed by atoms with Crippen LogP contribution in [0, 0.1) is 11.8 Å². The Morgan fingerprint density at radius 2 is 1.89 bits per heavy atom. The van der Waals surface area contributed by atoms with Crippen molar-refractivity contribution in [3.05, 3.63) is 57.9 Å². The minimum Gasteiger partial charge on any atom is -0.508 e. The second-order valence-corrected chi connectivity index (χ2v) is 10.1. The average Bonchev–Trinajstić information content (AvgIpc) is 3.30. The third-order valence-corrected chi connectivity index (χ3v) is 8.05. The SMILES string of the molecule is CN(C)[C@@H]1C(=O)C(C(N)=O)=C(O)[C@]2(O)C(=O)C3=C(O)c4c(O)ccc(C5C=CCC5)c4C[C@H]3C[C@@H]12. The molecule has 5 rings (SSSR count). The molecule has 0 aliphatic heterocycles. The molecule has 1 fully saturated rings. The first-order valence-electron chi connectivity index (χ1n) is 11.7. The number of rotatable bonds is 3. The molecule has 35 heavy (non-hydrogen) atoms. The number of aliphatic hydroxyl groups excluding tert-OH is 2. The Kier molecular flexibility index (Phi) is 5.19. The molecule has 0 spiro atoms.